The van der Waals surface area contributed by atoms with Gasteiger partial charge in [-0.1, -0.05) is 54.6 Å². The Morgan fingerprint density at radius 1 is 0.795 bits per heavy atom. The van der Waals surface area contributed by atoms with Crippen molar-refractivity contribution >= 4 is 29.0 Å². The maximum atomic E-state index is 13.0. The molecule has 4 rings (SSSR count). The van der Waals surface area contributed by atoms with Crippen molar-refractivity contribution < 1.29 is 27.8 Å². The second kappa shape index (κ2) is 12.5. The topological polar surface area (TPSA) is 46.5 Å². The molecule has 7 heteroatoms. The van der Waals surface area contributed by atoms with Crippen LogP contribution in [0.1, 0.15) is 35.7 Å². The number of phenols is 1. The van der Waals surface area contributed by atoms with Crippen molar-refractivity contribution in [1.82, 2.24) is 0 Å². The first kappa shape index (κ1) is 28.4. The van der Waals surface area contributed by atoms with E-state index in [-0.39, 0.29) is 23.5 Å². The highest BCUT2D eigenvalue weighted by Gasteiger charge is 2.44. The minimum absolute atomic E-state index is 0.00950. The molecule has 0 saturated heterocycles. The summed E-state index contributed by atoms with van der Waals surface area (Å²) < 4.78 is 45.0. The molecule has 3 nitrogen and oxygen atoms in total. The van der Waals surface area contributed by atoms with Crippen LogP contribution in [-0.2, 0) is 6.42 Å². The van der Waals surface area contributed by atoms with Crippen LogP contribution in [0, 0.1) is 0 Å². The van der Waals surface area contributed by atoms with Crippen LogP contribution in [0.5, 0.6) is 11.5 Å². The Balaban J connectivity index is 1.64. The smallest absolute Gasteiger partial charge is 0.389 e. The van der Waals surface area contributed by atoms with Crippen LogP contribution < -0.4 is 20.7 Å². The van der Waals surface area contributed by atoms with Gasteiger partial charge in [-0.25, -0.2) is 0 Å². The van der Waals surface area contributed by atoms with Gasteiger partial charge in [-0.3, -0.25) is 4.79 Å². The van der Waals surface area contributed by atoms with Crippen LogP contribution in [0.2, 0.25) is 0 Å². The largest absolute Gasteiger partial charge is 0.507 e. The molecule has 39 heavy (non-hydrogen) atoms. The maximum Gasteiger partial charge on any atom is 0.389 e. The number of rotatable bonds is 11. The van der Waals surface area contributed by atoms with Gasteiger partial charge >= 0.3 is 6.18 Å². The lowest BCUT2D eigenvalue weighted by Gasteiger charge is -2.27. The van der Waals surface area contributed by atoms with Crippen LogP contribution in [0.3, 0.4) is 0 Å². The summed E-state index contributed by atoms with van der Waals surface area (Å²) in [4.78, 5) is 11.9. The number of halogens is 3. The maximum absolute atomic E-state index is 13.0. The SMILES string of the molecule is CC(=O)c1ccc(OCCC[P+](c2ccccc2)(c2ccccc2)c2ccccc2)c(CCC(F)(F)F)c1O. The van der Waals surface area contributed by atoms with Crippen LogP contribution in [-0.4, -0.2) is 29.8 Å². The molecule has 0 fully saturated rings. The van der Waals surface area contributed by atoms with Gasteiger partial charge in [0.05, 0.1) is 18.3 Å². The molecule has 0 aromatic heterocycles. The van der Waals surface area contributed by atoms with Crippen molar-refractivity contribution in [3.8, 4) is 11.5 Å². The third-order valence-corrected chi connectivity index (χ3v) is 11.3. The number of alkyl halides is 3. The van der Waals surface area contributed by atoms with Gasteiger partial charge < -0.3 is 9.84 Å². The van der Waals surface area contributed by atoms with Crippen molar-refractivity contribution in [3.63, 3.8) is 0 Å². The predicted molar refractivity (Wildman–Crippen MR) is 153 cm³/mol. The van der Waals surface area contributed by atoms with Crippen molar-refractivity contribution in [2.45, 2.75) is 32.4 Å². The molecule has 0 spiro atoms. The number of carbonyl (C=O) groups excluding carboxylic acids is 1. The number of aromatic hydroxyl groups is 1. The van der Waals surface area contributed by atoms with E-state index in [1.807, 2.05) is 54.6 Å². The van der Waals surface area contributed by atoms with Crippen LogP contribution in [0.4, 0.5) is 13.2 Å². The molecule has 0 saturated carbocycles. The van der Waals surface area contributed by atoms with E-state index in [9.17, 15) is 23.1 Å². The van der Waals surface area contributed by atoms with Gasteiger partial charge in [-0.05, 0) is 61.9 Å². The van der Waals surface area contributed by atoms with Crippen molar-refractivity contribution in [1.29, 1.82) is 0 Å². The Hall–Kier alpha value is -3.63. The number of hydrogen-bond donors (Lipinski definition) is 1. The van der Waals surface area contributed by atoms with E-state index in [1.54, 1.807) is 0 Å². The van der Waals surface area contributed by atoms with E-state index in [1.165, 1.54) is 35.0 Å². The molecular weight excluding hydrogens is 520 g/mol. The number of hydrogen-bond acceptors (Lipinski definition) is 3. The van der Waals surface area contributed by atoms with Gasteiger partial charge in [0.1, 0.15) is 34.7 Å². The number of phenolic OH excluding ortho intramolecular Hbond substituents is 1. The Bertz CT molecular complexity index is 1280. The lowest BCUT2D eigenvalue weighted by molar-refractivity contribution is -0.134. The third kappa shape index (κ3) is 6.69. The number of ketones is 1. The van der Waals surface area contributed by atoms with Gasteiger partial charge in [0.15, 0.2) is 5.78 Å². The molecule has 1 N–H and O–H groups in total. The van der Waals surface area contributed by atoms with Gasteiger partial charge in [-0.15, -0.1) is 0 Å². The van der Waals surface area contributed by atoms with Gasteiger partial charge in [-0.2, -0.15) is 13.2 Å². The quantitative estimate of drug-likeness (QED) is 0.126. The molecule has 0 radical (unpaired) electrons. The number of ether oxygens (including phenoxy) is 1. The normalized spacial score (nSPS) is 11.8. The molecule has 0 aliphatic heterocycles. The summed E-state index contributed by atoms with van der Waals surface area (Å²) in [6, 6.07) is 34.0. The molecule has 202 valence electrons. The van der Waals surface area contributed by atoms with E-state index in [0.717, 1.165) is 6.16 Å². The van der Waals surface area contributed by atoms with E-state index in [2.05, 4.69) is 36.4 Å². The van der Waals surface area contributed by atoms with Gasteiger partial charge in [0.2, 0.25) is 0 Å². The van der Waals surface area contributed by atoms with Crippen molar-refractivity contribution in [3.05, 3.63) is 114 Å². The van der Waals surface area contributed by atoms with Crippen molar-refractivity contribution in [2.75, 3.05) is 12.8 Å². The Labute approximate surface area is 227 Å². The standard InChI is InChI=1S/C32H30F3O3P/c1-24(36)28-18-19-30(29(31(28)37)20-21-32(33,34)35)38-22-11-23-39(25-12-5-2-6-13-25,26-14-7-3-8-15-26)27-16-9-4-10-17-27/h2-10,12-19H,11,20-23H2,1H3/p+1. The zero-order valence-corrected chi connectivity index (χ0v) is 22.6. The predicted octanol–water partition coefficient (Wildman–Crippen LogP) is 6.85. The van der Waals surface area contributed by atoms with E-state index in [0.29, 0.717) is 6.42 Å². The summed E-state index contributed by atoms with van der Waals surface area (Å²) in [5.74, 6) is -0.691. The molecule has 0 heterocycles. The molecule has 0 amide bonds. The highest BCUT2D eigenvalue weighted by Crippen LogP contribution is 2.55. The molecule has 0 bridgehead atoms. The zero-order valence-electron chi connectivity index (χ0n) is 21.7. The fraction of sp³-hybridized carbons (Fsp3) is 0.219. The fourth-order valence-corrected chi connectivity index (χ4v) is 9.23. The van der Waals surface area contributed by atoms with E-state index < -0.39 is 37.8 Å². The summed E-state index contributed by atoms with van der Waals surface area (Å²) >= 11 is 0. The van der Waals surface area contributed by atoms with E-state index in [4.69, 9.17) is 4.74 Å². The molecule has 0 unspecified atom stereocenters. The van der Waals surface area contributed by atoms with Gasteiger partial charge in [0.25, 0.3) is 0 Å². The lowest BCUT2D eigenvalue weighted by atomic mass is 10.0. The Morgan fingerprint density at radius 3 is 1.72 bits per heavy atom. The Kier molecular flexibility index (Phi) is 9.08. The minimum atomic E-state index is -4.40. The summed E-state index contributed by atoms with van der Waals surface area (Å²) in [5.41, 5.74) is -0.00281. The van der Waals surface area contributed by atoms with Crippen LogP contribution in [0.15, 0.2) is 103 Å². The minimum Gasteiger partial charge on any atom is -0.507 e. The first-order chi connectivity index (χ1) is 18.7. The number of carbonyl (C=O) groups is 1. The fourth-order valence-electron chi connectivity index (χ4n) is 4.91. The lowest BCUT2D eigenvalue weighted by Crippen LogP contribution is -2.33. The highest BCUT2D eigenvalue weighted by molar-refractivity contribution is 7.95. The summed E-state index contributed by atoms with van der Waals surface area (Å²) in [5, 5.41) is 14.3. The first-order valence-corrected chi connectivity index (χ1v) is 14.8. The monoisotopic (exact) mass is 551 g/mol. The second-order valence-corrected chi connectivity index (χ2v) is 13.0. The Morgan fingerprint density at radius 2 is 1.28 bits per heavy atom. The summed E-state index contributed by atoms with van der Waals surface area (Å²) in [6.45, 7) is 1.51. The summed E-state index contributed by atoms with van der Waals surface area (Å²) in [6.07, 6.45) is -4.59. The second-order valence-electron chi connectivity index (χ2n) is 9.35. The molecule has 4 aromatic carbocycles. The first-order valence-electron chi connectivity index (χ1n) is 12.8. The summed E-state index contributed by atoms with van der Waals surface area (Å²) in [7, 11) is -2.07. The third-order valence-electron chi connectivity index (χ3n) is 6.76. The van der Waals surface area contributed by atoms with Crippen LogP contribution in [0.25, 0.3) is 0 Å². The molecule has 0 aliphatic carbocycles. The molecule has 4 aromatic rings. The van der Waals surface area contributed by atoms with Crippen molar-refractivity contribution in [2.24, 2.45) is 0 Å². The average Bonchev–Trinajstić information content (AvgIpc) is 2.93. The van der Waals surface area contributed by atoms with E-state index >= 15 is 0 Å². The number of Topliss-reactive ketones (excluding diaryl/α,β-unsaturated/α-hetero) is 1. The average molecular weight is 552 g/mol. The van der Waals surface area contributed by atoms with Gasteiger partial charge in [0, 0.05) is 18.4 Å². The highest BCUT2D eigenvalue weighted by atomic mass is 31.2. The zero-order chi connectivity index (χ0) is 27.9. The molecular formula is C32H31F3O3P+. The number of benzene rings is 4. The van der Waals surface area contributed by atoms with Crippen LogP contribution >= 0.6 is 7.26 Å². The molecule has 0 atom stereocenters. The molecule has 0 aliphatic rings.